The lowest BCUT2D eigenvalue weighted by Crippen LogP contribution is -2.56. The van der Waals surface area contributed by atoms with Crippen molar-refractivity contribution in [2.24, 2.45) is 0 Å². The lowest BCUT2D eigenvalue weighted by atomic mass is 10.0. The van der Waals surface area contributed by atoms with E-state index in [1.54, 1.807) is 31.2 Å². The van der Waals surface area contributed by atoms with Gasteiger partial charge < -0.3 is 10.1 Å². The maximum absolute atomic E-state index is 13.4. The fourth-order valence-corrected chi connectivity index (χ4v) is 5.26. The lowest BCUT2D eigenvalue weighted by Gasteiger charge is -2.27. The zero-order chi connectivity index (χ0) is 26.3. The number of alkyl halides is 1. The van der Waals surface area contributed by atoms with Crippen molar-refractivity contribution in [3.05, 3.63) is 101 Å². The van der Waals surface area contributed by atoms with Gasteiger partial charge in [0, 0.05) is 26.9 Å². The van der Waals surface area contributed by atoms with Crippen molar-refractivity contribution in [2.45, 2.75) is 25.8 Å². The fourth-order valence-electron chi connectivity index (χ4n) is 3.71. The van der Waals surface area contributed by atoms with Gasteiger partial charge in [-0.2, -0.15) is 0 Å². The van der Waals surface area contributed by atoms with E-state index in [2.05, 4.69) is 45.4 Å². The van der Waals surface area contributed by atoms with E-state index < -0.39 is 5.54 Å². The number of hydrogen-bond donors (Lipinski definition) is 2. The molecule has 190 valence electrons. The van der Waals surface area contributed by atoms with E-state index in [4.69, 9.17) is 9.72 Å². The van der Waals surface area contributed by atoms with Gasteiger partial charge in [-0.1, -0.05) is 83.3 Å². The van der Waals surface area contributed by atoms with Gasteiger partial charge in [0.1, 0.15) is 11.3 Å². The number of hydrogen-bond acceptors (Lipinski definition) is 5. The normalized spacial score (nSPS) is 12.4. The standard InChI is InChI=1S/C29H28IN3O3S/c1-3-36-23-16-14-22(15-17-23)26(34)33-29(2,19-30)27(35)32-28-31-25(21-12-8-5-9-13-21)24(37-28)18-20-10-6-4-7-11-20/h4-17H,3,18-19H2,1-2H3,(H,33,34)(H,31,32,35). The van der Waals surface area contributed by atoms with Crippen LogP contribution < -0.4 is 15.4 Å². The summed E-state index contributed by atoms with van der Waals surface area (Å²) in [7, 11) is 0. The number of anilines is 1. The van der Waals surface area contributed by atoms with Gasteiger partial charge in [0.25, 0.3) is 11.8 Å². The first-order valence-electron chi connectivity index (χ1n) is 11.9. The van der Waals surface area contributed by atoms with Crippen molar-refractivity contribution in [1.29, 1.82) is 0 Å². The number of carbonyl (C=O) groups excluding carboxylic acids is 2. The Balaban J connectivity index is 1.54. The van der Waals surface area contributed by atoms with Crippen molar-refractivity contribution >= 4 is 50.9 Å². The number of rotatable bonds is 10. The van der Waals surface area contributed by atoms with Crippen LogP contribution in [0.3, 0.4) is 0 Å². The third-order valence-corrected chi connectivity index (χ3v) is 8.25. The van der Waals surface area contributed by atoms with E-state index in [1.165, 1.54) is 16.9 Å². The molecule has 2 N–H and O–H groups in total. The highest BCUT2D eigenvalue weighted by atomic mass is 127. The van der Waals surface area contributed by atoms with Crippen molar-refractivity contribution in [1.82, 2.24) is 10.3 Å². The first-order chi connectivity index (χ1) is 17.9. The van der Waals surface area contributed by atoms with Crippen LogP contribution in [0, 0.1) is 0 Å². The minimum Gasteiger partial charge on any atom is -0.494 e. The van der Waals surface area contributed by atoms with Crippen LogP contribution in [-0.2, 0) is 11.2 Å². The Labute approximate surface area is 234 Å². The predicted octanol–water partition coefficient (Wildman–Crippen LogP) is 6.36. The summed E-state index contributed by atoms with van der Waals surface area (Å²) < 4.78 is 5.83. The van der Waals surface area contributed by atoms with Gasteiger partial charge in [-0.15, -0.1) is 11.3 Å². The molecule has 0 saturated heterocycles. The Morgan fingerprint density at radius 3 is 2.24 bits per heavy atom. The summed E-state index contributed by atoms with van der Waals surface area (Å²) in [6.45, 7) is 4.17. The molecule has 0 radical (unpaired) electrons. The minimum absolute atomic E-state index is 0.319. The molecule has 0 fully saturated rings. The van der Waals surface area contributed by atoms with Gasteiger partial charge in [-0.3, -0.25) is 14.9 Å². The highest BCUT2D eigenvalue weighted by Gasteiger charge is 2.35. The monoisotopic (exact) mass is 625 g/mol. The van der Waals surface area contributed by atoms with Crippen LogP contribution in [0.15, 0.2) is 84.9 Å². The van der Waals surface area contributed by atoms with Gasteiger partial charge >= 0.3 is 0 Å². The third kappa shape index (κ3) is 6.75. The molecule has 1 atom stereocenters. The quantitative estimate of drug-likeness (QED) is 0.159. The first-order valence-corrected chi connectivity index (χ1v) is 14.3. The number of aromatic nitrogens is 1. The summed E-state index contributed by atoms with van der Waals surface area (Å²) in [4.78, 5) is 32.2. The Bertz CT molecular complexity index is 1340. The Morgan fingerprint density at radius 1 is 0.973 bits per heavy atom. The van der Waals surface area contributed by atoms with Crippen molar-refractivity contribution in [3.8, 4) is 17.0 Å². The Morgan fingerprint density at radius 2 is 1.62 bits per heavy atom. The van der Waals surface area contributed by atoms with Crippen molar-refractivity contribution in [3.63, 3.8) is 0 Å². The topological polar surface area (TPSA) is 80.3 Å². The Hall–Kier alpha value is -3.24. The molecule has 0 aliphatic heterocycles. The summed E-state index contributed by atoms with van der Waals surface area (Å²) in [6, 6.07) is 27.0. The molecular formula is C29H28IN3O3S. The van der Waals surface area contributed by atoms with Gasteiger partial charge in [0.2, 0.25) is 0 Å². The number of benzene rings is 3. The summed E-state index contributed by atoms with van der Waals surface area (Å²) in [5, 5.41) is 6.36. The van der Waals surface area contributed by atoms with Crippen LogP contribution in [0.4, 0.5) is 5.13 Å². The molecule has 1 aromatic heterocycles. The van der Waals surface area contributed by atoms with E-state index in [1.807, 2.05) is 55.5 Å². The summed E-state index contributed by atoms with van der Waals surface area (Å²) in [6.07, 6.45) is 0.705. The third-order valence-electron chi connectivity index (χ3n) is 5.76. The molecule has 0 aliphatic rings. The second-order valence-electron chi connectivity index (χ2n) is 8.65. The average molecular weight is 626 g/mol. The molecule has 4 rings (SSSR count). The average Bonchev–Trinajstić information content (AvgIpc) is 3.32. The second kappa shape index (κ2) is 12.3. The summed E-state index contributed by atoms with van der Waals surface area (Å²) >= 11 is 3.57. The molecule has 1 heterocycles. The first kappa shape index (κ1) is 26.8. The largest absolute Gasteiger partial charge is 0.494 e. The SMILES string of the molecule is CCOc1ccc(C(=O)NC(C)(CI)C(=O)Nc2nc(-c3ccccc3)c(Cc3ccccc3)s2)cc1. The minimum atomic E-state index is -1.13. The molecule has 3 aromatic carbocycles. The van der Waals surface area contributed by atoms with Crippen LogP contribution in [-0.4, -0.2) is 33.4 Å². The highest BCUT2D eigenvalue weighted by Crippen LogP contribution is 2.33. The number of thiazole rings is 1. The molecule has 4 aromatic rings. The smallest absolute Gasteiger partial charge is 0.252 e. The van der Waals surface area contributed by atoms with Crippen LogP contribution in [0.1, 0.15) is 34.6 Å². The lowest BCUT2D eigenvalue weighted by molar-refractivity contribution is -0.120. The van der Waals surface area contributed by atoms with Gasteiger partial charge in [-0.25, -0.2) is 4.98 Å². The highest BCUT2D eigenvalue weighted by molar-refractivity contribution is 14.1. The molecule has 0 aliphatic carbocycles. The summed E-state index contributed by atoms with van der Waals surface area (Å²) in [5.41, 5.74) is 2.33. The predicted molar refractivity (Wildman–Crippen MR) is 158 cm³/mol. The Kier molecular flexibility index (Phi) is 8.94. The fraction of sp³-hybridized carbons (Fsp3) is 0.207. The number of carbonyl (C=O) groups is 2. The molecule has 0 bridgehead atoms. The molecule has 0 spiro atoms. The van der Waals surface area contributed by atoms with Crippen LogP contribution in [0.2, 0.25) is 0 Å². The maximum atomic E-state index is 13.4. The second-order valence-corrected chi connectivity index (χ2v) is 10.5. The van der Waals surface area contributed by atoms with E-state index in [0.717, 1.165) is 16.1 Å². The number of nitrogens with one attached hydrogen (secondary N) is 2. The van der Waals surface area contributed by atoms with E-state index in [0.29, 0.717) is 33.9 Å². The molecule has 8 heteroatoms. The van der Waals surface area contributed by atoms with Crippen molar-refractivity contribution < 1.29 is 14.3 Å². The summed E-state index contributed by atoms with van der Waals surface area (Å²) in [5.74, 6) is 0.0461. The van der Waals surface area contributed by atoms with Gasteiger partial charge in [-0.05, 0) is 43.7 Å². The van der Waals surface area contributed by atoms with E-state index in [-0.39, 0.29) is 11.8 Å². The number of halogens is 1. The van der Waals surface area contributed by atoms with E-state index in [9.17, 15) is 9.59 Å². The molecule has 0 saturated carbocycles. The van der Waals surface area contributed by atoms with Crippen LogP contribution in [0.25, 0.3) is 11.3 Å². The van der Waals surface area contributed by atoms with Crippen LogP contribution in [0.5, 0.6) is 5.75 Å². The number of nitrogens with zero attached hydrogens (tertiary/aromatic N) is 1. The molecule has 2 amide bonds. The van der Waals surface area contributed by atoms with Crippen LogP contribution >= 0.6 is 33.9 Å². The van der Waals surface area contributed by atoms with Crippen molar-refractivity contribution in [2.75, 3.05) is 16.4 Å². The maximum Gasteiger partial charge on any atom is 0.252 e. The molecule has 37 heavy (non-hydrogen) atoms. The molecular weight excluding hydrogens is 597 g/mol. The number of ether oxygens (including phenoxy) is 1. The molecule has 1 unspecified atom stereocenters. The zero-order valence-electron chi connectivity index (χ0n) is 20.7. The van der Waals surface area contributed by atoms with Gasteiger partial charge in [0.05, 0.1) is 12.3 Å². The van der Waals surface area contributed by atoms with Gasteiger partial charge in [0.15, 0.2) is 5.13 Å². The van der Waals surface area contributed by atoms with E-state index >= 15 is 0 Å². The number of amides is 2. The molecule has 6 nitrogen and oxygen atoms in total. The zero-order valence-corrected chi connectivity index (χ0v) is 23.6.